The van der Waals surface area contributed by atoms with Crippen LogP contribution in [-0.2, 0) is 4.79 Å². The van der Waals surface area contributed by atoms with Gasteiger partial charge in [0.25, 0.3) is 0 Å². The highest BCUT2D eigenvalue weighted by atomic mass is 16.5. The van der Waals surface area contributed by atoms with E-state index < -0.39 is 0 Å². The second kappa shape index (κ2) is 5.94. The SMILES string of the molecule is COc1cccc(N2CCC(NC(C)=O)C2)c1C(C)=O. The maximum Gasteiger partial charge on any atom is 0.217 e. The summed E-state index contributed by atoms with van der Waals surface area (Å²) in [6.45, 7) is 4.60. The predicted octanol–water partition coefficient (Wildman–Crippen LogP) is 1.61. The molecule has 5 nitrogen and oxygen atoms in total. The fourth-order valence-electron chi connectivity index (χ4n) is 2.69. The molecule has 0 radical (unpaired) electrons. The highest BCUT2D eigenvalue weighted by Crippen LogP contribution is 2.31. The molecule has 1 fully saturated rings. The van der Waals surface area contributed by atoms with E-state index in [1.807, 2.05) is 12.1 Å². The highest BCUT2D eigenvalue weighted by molar-refractivity contribution is 6.02. The second-order valence-corrected chi connectivity index (χ2v) is 5.04. The van der Waals surface area contributed by atoms with Crippen molar-refractivity contribution in [1.29, 1.82) is 0 Å². The number of ketones is 1. The fraction of sp³-hybridized carbons (Fsp3) is 0.467. The van der Waals surface area contributed by atoms with Gasteiger partial charge in [-0.05, 0) is 25.5 Å². The van der Waals surface area contributed by atoms with E-state index in [4.69, 9.17) is 4.74 Å². The summed E-state index contributed by atoms with van der Waals surface area (Å²) < 4.78 is 5.28. The van der Waals surface area contributed by atoms with Gasteiger partial charge in [-0.15, -0.1) is 0 Å². The molecule has 5 heteroatoms. The number of anilines is 1. The van der Waals surface area contributed by atoms with Crippen LogP contribution in [0, 0.1) is 0 Å². The number of hydrogen-bond donors (Lipinski definition) is 1. The van der Waals surface area contributed by atoms with Crippen LogP contribution in [0.15, 0.2) is 18.2 Å². The summed E-state index contributed by atoms with van der Waals surface area (Å²) in [7, 11) is 1.57. The molecule has 0 saturated carbocycles. The van der Waals surface area contributed by atoms with Gasteiger partial charge in [-0.1, -0.05) is 6.07 Å². The van der Waals surface area contributed by atoms with Crippen molar-refractivity contribution in [2.45, 2.75) is 26.3 Å². The van der Waals surface area contributed by atoms with E-state index in [2.05, 4.69) is 10.2 Å². The third-order valence-electron chi connectivity index (χ3n) is 3.51. The minimum Gasteiger partial charge on any atom is -0.496 e. The van der Waals surface area contributed by atoms with Crippen molar-refractivity contribution in [3.63, 3.8) is 0 Å². The summed E-state index contributed by atoms with van der Waals surface area (Å²) in [5, 5.41) is 2.92. The molecule has 20 heavy (non-hydrogen) atoms. The predicted molar refractivity (Wildman–Crippen MR) is 77.4 cm³/mol. The molecule has 1 saturated heterocycles. The van der Waals surface area contributed by atoms with Gasteiger partial charge < -0.3 is 15.0 Å². The molecule has 1 aliphatic rings. The highest BCUT2D eigenvalue weighted by Gasteiger charge is 2.26. The van der Waals surface area contributed by atoms with Gasteiger partial charge in [-0.25, -0.2) is 0 Å². The second-order valence-electron chi connectivity index (χ2n) is 5.04. The average molecular weight is 276 g/mol. The van der Waals surface area contributed by atoms with Crippen molar-refractivity contribution in [2.75, 3.05) is 25.1 Å². The lowest BCUT2D eigenvalue weighted by Gasteiger charge is -2.22. The molecule has 1 aromatic rings. The summed E-state index contributed by atoms with van der Waals surface area (Å²) in [5.41, 5.74) is 1.49. The number of nitrogens with one attached hydrogen (secondary N) is 1. The lowest BCUT2D eigenvalue weighted by Crippen LogP contribution is -2.35. The third kappa shape index (κ3) is 2.92. The molecule has 0 aliphatic carbocycles. The number of nitrogens with zero attached hydrogens (tertiary/aromatic N) is 1. The minimum absolute atomic E-state index is 0.0135. The van der Waals surface area contributed by atoms with Gasteiger partial charge in [0.2, 0.25) is 5.91 Å². The molecular weight excluding hydrogens is 256 g/mol. The van der Waals surface area contributed by atoms with Gasteiger partial charge in [0.15, 0.2) is 5.78 Å². The first-order valence-electron chi connectivity index (χ1n) is 6.73. The van der Waals surface area contributed by atoms with E-state index in [9.17, 15) is 9.59 Å². The molecule has 1 aromatic carbocycles. The summed E-state index contributed by atoms with van der Waals surface area (Å²) in [4.78, 5) is 25.1. The number of carbonyl (C=O) groups excluding carboxylic acids is 2. The molecule has 0 aromatic heterocycles. The zero-order valence-corrected chi connectivity index (χ0v) is 12.1. The van der Waals surface area contributed by atoms with Gasteiger partial charge in [0.1, 0.15) is 5.75 Å². The lowest BCUT2D eigenvalue weighted by atomic mass is 10.1. The maximum absolute atomic E-state index is 11.9. The first kappa shape index (κ1) is 14.4. The Morgan fingerprint density at radius 1 is 1.35 bits per heavy atom. The number of Topliss-reactive ketones (excluding diaryl/α,β-unsaturated/α-hetero) is 1. The van der Waals surface area contributed by atoms with E-state index in [1.54, 1.807) is 20.1 Å². The van der Waals surface area contributed by atoms with Crippen LogP contribution in [0.3, 0.4) is 0 Å². The summed E-state index contributed by atoms with van der Waals surface area (Å²) >= 11 is 0. The molecule has 2 rings (SSSR count). The molecule has 1 heterocycles. The first-order valence-corrected chi connectivity index (χ1v) is 6.73. The van der Waals surface area contributed by atoms with Crippen LogP contribution < -0.4 is 15.0 Å². The van der Waals surface area contributed by atoms with E-state index in [0.717, 1.165) is 18.7 Å². The summed E-state index contributed by atoms with van der Waals surface area (Å²) in [6, 6.07) is 5.74. The van der Waals surface area contributed by atoms with E-state index >= 15 is 0 Å². The molecule has 1 unspecified atom stereocenters. The molecule has 1 amide bonds. The summed E-state index contributed by atoms with van der Waals surface area (Å²) in [5.74, 6) is 0.563. The van der Waals surface area contributed by atoms with Gasteiger partial charge in [-0.2, -0.15) is 0 Å². The molecule has 108 valence electrons. The smallest absolute Gasteiger partial charge is 0.217 e. The molecule has 1 N–H and O–H groups in total. The number of benzene rings is 1. The van der Waals surface area contributed by atoms with Crippen LogP contribution >= 0.6 is 0 Å². The molecular formula is C15H20N2O3. The van der Waals surface area contributed by atoms with Gasteiger partial charge in [-0.3, -0.25) is 9.59 Å². The van der Waals surface area contributed by atoms with Crippen molar-refractivity contribution in [3.05, 3.63) is 23.8 Å². The Kier molecular flexibility index (Phi) is 4.27. The van der Waals surface area contributed by atoms with Crippen molar-refractivity contribution in [3.8, 4) is 5.75 Å². The van der Waals surface area contributed by atoms with Crippen molar-refractivity contribution in [1.82, 2.24) is 5.32 Å². The minimum atomic E-state index is -0.0192. The number of amides is 1. The Morgan fingerprint density at radius 2 is 2.10 bits per heavy atom. The number of carbonyl (C=O) groups is 2. The molecule has 0 bridgehead atoms. The van der Waals surface area contributed by atoms with Gasteiger partial charge in [0, 0.05) is 26.1 Å². The third-order valence-corrected chi connectivity index (χ3v) is 3.51. The molecule has 1 aliphatic heterocycles. The Bertz CT molecular complexity index is 528. The van der Waals surface area contributed by atoms with Crippen LogP contribution in [0.25, 0.3) is 0 Å². The largest absolute Gasteiger partial charge is 0.496 e. The van der Waals surface area contributed by atoms with Crippen LogP contribution in [0.1, 0.15) is 30.6 Å². The first-order chi connectivity index (χ1) is 9.52. The number of rotatable bonds is 4. The Labute approximate surface area is 118 Å². The number of hydrogen-bond acceptors (Lipinski definition) is 4. The molecule has 0 spiro atoms. The maximum atomic E-state index is 11.9. The van der Waals surface area contributed by atoms with Crippen molar-refractivity contribution < 1.29 is 14.3 Å². The van der Waals surface area contributed by atoms with Crippen LogP contribution in [0.5, 0.6) is 5.75 Å². The zero-order chi connectivity index (χ0) is 14.7. The van der Waals surface area contributed by atoms with Crippen molar-refractivity contribution in [2.24, 2.45) is 0 Å². The van der Waals surface area contributed by atoms with Gasteiger partial charge in [0.05, 0.1) is 18.4 Å². The Hall–Kier alpha value is -2.04. The normalized spacial score (nSPS) is 17.9. The van der Waals surface area contributed by atoms with E-state index in [1.165, 1.54) is 6.92 Å². The van der Waals surface area contributed by atoms with E-state index in [-0.39, 0.29) is 17.7 Å². The van der Waals surface area contributed by atoms with Gasteiger partial charge >= 0.3 is 0 Å². The quantitative estimate of drug-likeness (QED) is 0.849. The standard InChI is InChI=1S/C15H20N2O3/c1-10(18)15-13(5-4-6-14(15)20-3)17-8-7-12(9-17)16-11(2)19/h4-6,12H,7-9H2,1-3H3,(H,16,19). The Balaban J connectivity index is 2.25. The zero-order valence-electron chi connectivity index (χ0n) is 12.1. The van der Waals surface area contributed by atoms with E-state index in [0.29, 0.717) is 17.9 Å². The van der Waals surface area contributed by atoms with Crippen molar-refractivity contribution >= 4 is 17.4 Å². The van der Waals surface area contributed by atoms with Crippen LogP contribution in [0.2, 0.25) is 0 Å². The fourth-order valence-corrected chi connectivity index (χ4v) is 2.69. The topological polar surface area (TPSA) is 58.6 Å². The lowest BCUT2D eigenvalue weighted by molar-refractivity contribution is -0.119. The average Bonchev–Trinajstić information content (AvgIpc) is 2.85. The number of methoxy groups -OCH3 is 1. The van der Waals surface area contributed by atoms with Crippen LogP contribution in [0.4, 0.5) is 5.69 Å². The molecule has 1 atom stereocenters. The van der Waals surface area contributed by atoms with Crippen LogP contribution in [-0.4, -0.2) is 37.9 Å². The Morgan fingerprint density at radius 3 is 2.70 bits per heavy atom. The summed E-state index contributed by atoms with van der Waals surface area (Å²) in [6.07, 6.45) is 0.883. The number of ether oxygens (including phenoxy) is 1. The monoisotopic (exact) mass is 276 g/mol.